The second-order valence-electron chi connectivity index (χ2n) is 5.52. The van der Waals surface area contributed by atoms with E-state index in [1.54, 1.807) is 43.5 Å². The van der Waals surface area contributed by atoms with E-state index in [1.165, 1.54) is 0 Å². The first-order chi connectivity index (χ1) is 13.1. The molecule has 2 amide bonds. The van der Waals surface area contributed by atoms with Gasteiger partial charge in [-0.25, -0.2) is 0 Å². The summed E-state index contributed by atoms with van der Waals surface area (Å²) in [5.41, 5.74) is 0.465. The van der Waals surface area contributed by atoms with E-state index in [-0.39, 0.29) is 18.4 Å². The average Bonchev–Trinajstić information content (AvgIpc) is 2.70. The summed E-state index contributed by atoms with van der Waals surface area (Å²) in [6, 6.07) is 14.0. The molecule has 0 aromatic heterocycles. The van der Waals surface area contributed by atoms with Crippen LogP contribution in [0.2, 0.25) is 0 Å². The predicted molar refractivity (Wildman–Crippen MR) is 101 cm³/mol. The maximum absolute atomic E-state index is 12.0. The van der Waals surface area contributed by atoms with Gasteiger partial charge in [-0.05, 0) is 43.3 Å². The van der Waals surface area contributed by atoms with Crippen molar-refractivity contribution < 1.29 is 23.8 Å². The number of carbonyl (C=O) groups excluding carboxylic acids is 2. The number of nitrogens with one attached hydrogen (secondary N) is 2. The van der Waals surface area contributed by atoms with E-state index < -0.39 is 0 Å². The number of methoxy groups -OCH3 is 1. The van der Waals surface area contributed by atoms with Crippen molar-refractivity contribution >= 4 is 11.8 Å². The summed E-state index contributed by atoms with van der Waals surface area (Å²) in [5, 5.41) is 5.26. The van der Waals surface area contributed by atoms with Gasteiger partial charge < -0.3 is 24.8 Å². The van der Waals surface area contributed by atoms with Gasteiger partial charge >= 0.3 is 0 Å². The van der Waals surface area contributed by atoms with Gasteiger partial charge in [-0.3, -0.25) is 9.59 Å². The van der Waals surface area contributed by atoms with E-state index in [0.29, 0.717) is 42.6 Å². The number of carbonyl (C=O) groups is 2. The molecule has 2 rings (SSSR count). The van der Waals surface area contributed by atoms with Crippen molar-refractivity contribution in [3.05, 3.63) is 54.1 Å². The minimum atomic E-state index is -0.319. The van der Waals surface area contributed by atoms with Gasteiger partial charge in [-0.2, -0.15) is 0 Å². The Hall–Kier alpha value is -3.22. The van der Waals surface area contributed by atoms with Crippen molar-refractivity contribution in [2.45, 2.75) is 6.92 Å². The van der Waals surface area contributed by atoms with Gasteiger partial charge in [0.05, 0.1) is 26.8 Å². The Bertz CT molecular complexity index is 746. The zero-order valence-corrected chi connectivity index (χ0v) is 15.5. The molecule has 0 unspecified atom stereocenters. The van der Waals surface area contributed by atoms with Crippen molar-refractivity contribution in [2.75, 3.05) is 33.4 Å². The highest BCUT2D eigenvalue weighted by molar-refractivity contribution is 5.96. The van der Waals surface area contributed by atoms with Crippen molar-refractivity contribution in [3.8, 4) is 17.2 Å². The number of ether oxygens (including phenoxy) is 3. The molecule has 0 saturated carbocycles. The summed E-state index contributed by atoms with van der Waals surface area (Å²) < 4.78 is 16.0. The molecule has 2 N–H and O–H groups in total. The summed E-state index contributed by atoms with van der Waals surface area (Å²) in [4.78, 5) is 23.8. The molecule has 144 valence electrons. The Labute approximate surface area is 158 Å². The molecule has 2 aromatic carbocycles. The number of rotatable bonds is 10. The SMILES string of the molecule is CCOc1ccc(C(=O)NCC(=O)NCCOc2cccc(OC)c2)cc1. The Morgan fingerprint density at radius 1 is 0.926 bits per heavy atom. The van der Waals surface area contributed by atoms with Crippen LogP contribution in [0, 0.1) is 0 Å². The van der Waals surface area contributed by atoms with Gasteiger partial charge in [0.1, 0.15) is 23.9 Å². The van der Waals surface area contributed by atoms with Crippen LogP contribution < -0.4 is 24.8 Å². The van der Waals surface area contributed by atoms with Crippen LogP contribution in [0.5, 0.6) is 17.2 Å². The molecule has 7 heteroatoms. The minimum Gasteiger partial charge on any atom is -0.497 e. The van der Waals surface area contributed by atoms with Crippen molar-refractivity contribution in [1.82, 2.24) is 10.6 Å². The fourth-order valence-corrected chi connectivity index (χ4v) is 2.24. The van der Waals surface area contributed by atoms with Crippen LogP contribution in [0.4, 0.5) is 0 Å². The van der Waals surface area contributed by atoms with E-state index in [2.05, 4.69) is 10.6 Å². The summed E-state index contributed by atoms with van der Waals surface area (Å²) in [6.07, 6.45) is 0. The fourth-order valence-electron chi connectivity index (χ4n) is 2.24. The molecular weight excluding hydrogens is 348 g/mol. The highest BCUT2D eigenvalue weighted by Crippen LogP contribution is 2.18. The first-order valence-corrected chi connectivity index (χ1v) is 8.67. The van der Waals surface area contributed by atoms with E-state index in [9.17, 15) is 9.59 Å². The van der Waals surface area contributed by atoms with Gasteiger partial charge in [0.2, 0.25) is 5.91 Å². The molecule has 7 nitrogen and oxygen atoms in total. The predicted octanol–water partition coefficient (Wildman–Crippen LogP) is 2.02. The minimum absolute atomic E-state index is 0.106. The van der Waals surface area contributed by atoms with Crippen molar-refractivity contribution in [3.63, 3.8) is 0 Å². The zero-order valence-electron chi connectivity index (χ0n) is 15.5. The molecule has 0 aliphatic heterocycles. The lowest BCUT2D eigenvalue weighted by Gasteiger charge is -2.09. The molecular formula is C20H24N2O5. The Morgan fingerprint density at radius 2 is 1.67 bits per heavy atom. The Kier molecular flexibility index (Phi) is 7.96. The number of benzene rings is 2. The van der Waals surface area contributed by atoms with Crippen LogP contribution in [-0.4, -0.2) is 45.2 Å². The third-order valence-corrected chi connectivity index (χ3v) is 3.57. The molecule has 0 fully saturated rings. The Morgan fingerprint density at radius 3 is 2.37 bits per heavy atom. The van der Waals surface area contributed by atoms with Gasteiger partial charge in [0.15, 0.2) is 0 Å². The molecule has 0 heterocycles. The largest absolute Gasteiger partial charge is 0.497 e. The molecule has 0 spiro atoms. The molecule has 0 saturated heterocycles. The van der Waals surface area contributed by atoms with Gasteiger partial charge in [0.25, 0.3) is 5.91 Å². The smallest absolute Gasteiger partial charge is 0.251 e. The summed E-state index contributed by atoms with van der Waals surface area (Å²) in [5.74, 6) is 1.45. The van der Waals surface area contributed by atoms with Crippen LogP contribution in [0.1, 0.15) is 17.3 Å². The van der Waals surface area contributed by atoms with Crippen LogP contribution in [0.15, 0.2) is 48.5 Å². The van der Waals surface area contributed by atoms with Gasteiger partial charge in [-0.15, -0.1) is 0 Å². The molecule has 0 aliphatic carbocycles. The van der Waals surface area contributed by atoms with Crippen LogP contribution >= 0.6 is 0 Å². The lowest BCUT2D eigenvalue weighted by molar-refractivity contribution is -0.120. The molecule has 0 atom stereocenters. The highest BCUT2D eigenvalue weighted by Gasteiger charge is 2.08. The average molecular weight is 372 g/mol. The molecule has 27 heavy (non-hydrogen) atoms. The van der Waals surface area contributed by atoms with Gasteiger partial charge in [-0.1, -0.05) is 6.07 Å². The summed E-state index contributed by atoms with van der Waals surface area (Å²) in [7, 11) is 1.58. The maximum Gasteiger partial charge on any atom is 0.251 e. The van der Waals surface area contributed by atoms with Gasteiger partial charge in [0, 0.05) is 11.6 Å². The first-order valence-electron chi connectivity index (χ1n) is 8.67. The molecule has 0 radical (unpaired) electrons. The monoisotopic (exact) mass is 372 g/mol. The lowest BCUT2D eigenvalue weighted by Crippen LogP contribution is -2.38. The van der Waals surface area contributed by atoms with E-state index in [4.69, 9.17) is 14.2 Å². The molecule has 0 bridgehead atoms. The summed E-state index contributed by atoms with van der Waals surface area (Å²) >= 11 is 0. The second-order valence-corrected chi connectivity index (χ2v) is 5.52. The number of hydrogen-bond donors (Lipinski definition) is 2. The first kappa shape index (κ1) is 20.1. The third kappa shape index (κ3) is 6.89. The van der Waals surface area contributed by atoms with E-state index in [0.717, 1.165) is 0 Å². The van der Waals surface area contributed by atoms with E-state index >= 15 is 0 Å². The topological polar surface area (TPSA) is 85.9 Å². The fraction of sp³-hybridized carbons (Fsp3) is 0.300. The number of hydrogen-bond acceptors (Lipinski definition) is 5. The van der Waals surface area contributed by atoms with Crippen LogP contribution in [-0.2, 0) is 4.79 Å². The molecule has 2 aromatic rings. The van der Waals surface area contributed by atoms with Crippen LogP contribution in [0.3, 0.4) is 0 Å². The normalized spacial score (nSPS) is 10.0. The van der Waals surface area contributed by atoms with E-state index in [1.807, 2.05) is 19.1 Å². The summed E-state index contributed by atoms with van der Waals surface area (Å²) in [6.45, 7) is 2.99. The van der Waals surface area contributed by atoms with Crippen molar-refractivity contribution in [2.24, 2.45) is 0 Å². The lowest BCUT2D eigenvalue weighted by atomic mass is 10.2. The second kappa shape index (κ2) is 10.7. The number of amides is 2. The van der Waals surface area contributed by atoms with Crippen molar-refractivity contribution in [1.29, 1.82) is 0 Å². The Balaban J connectivity index is 1.65. The zero-order chi connectivity index (χ0) is 19.5. The maximum atomic E-state index is 12.0. The quantitative estimate of drug-likeness (QED) is 0.623. The highest BCUT2D eigenvalue weighted by atomic mass is 16.5. The standard InChI is InChI=1S/C20H24N2O5/c1-3-26-16-9-7-15(8-10-16)20(24)22-14-19(23)21-11-12-27-18-6-4-5-17(13-18)25-2/h4-10,13H,3,11-12,14H2,1-2H3,(H,21,23)(H,22,24). The third-order valence-electron chi connectivity index (χ3n) is 3.57. The van der Waals surface area contributed by atoms with Crippen LogP contribution in [0.25, 0.3) is 0 Å². The molecule has 0 aliphatic rings.